The van der Waals surface area contributed by atoms with Crippen molar-refractivity contribution in [3.8, 4) is 0 Å². The molecule has 0 radical (unpaired) electrons. The molecule has 2 aromatic carbocycles. The monoisotopic (exact) mass is 299 g/mol. The van der Waals surface area contributed by atoms with E-state index in [1.165, 1.54) is 11.1 Å². The molecule has 2 rings (SSSR count). The van der Waals surface area contributed by atoms with Crippen molar-refractivity contribution in [1.29, 1.82) is 0 Å². The molecular formula is C19H25NO2. The Kier molecular flexibility index (Phi) is 6.13. The summed E-state index contributed by atoms with van der Waals surface area (Å²) in [6.45, 7) is 4.60. The van der Waals surface area contributed by atoms with E-state index in [1.54, 1.807) is 0 Å². The van der Waals surface area contributed by atoms with Gasteiger partial charge in [-0.3, -0.25) is 4.90 Å². The Morgan fingerprint density at radius 3 is 2.00 bits per heavy atom. The Labute approximate surface area is 132 Å². The van der Waals surface area contributed by atoms with Crippen molar-refractivity contribution in [3.63, 3.8) is 0 Å². The van der Waals surface area contributed by atoms with Crippen LogP contribution in [0.25, 0.3) is 0 Å². The van der Waals surface area contributed by atoms with Crippen molar-refractivity contribution in [1.82, 2.24) is 4.90 Å². The summed E-state index contributed by atoms with van der Waals surface area (Å²) in [5.74, 6) is 0. The number of rotatable bonds is 7. The minimum Gasteiger partial charge on any atom is -0.394 e. The van der Waals surface area contributed by atoms with E-state index in [1.807, 2.05) is 43.3 Å². The zero-order chi connectivity index (χ0) is 15.9. The molecule has 0 aliphatic carbocycles. The third kappa shape index (κ3) is 4.17. The minimum atomic E-state index is -0.755. The largest absolute Gasteiger partial charge is 0.394 e. The molecular weight excluding hydrogens is 274 g/mol. The fraction of sp³-hybridized carbons (Fsp3) is 0.368. The van der Waals surface area contributed by atoms with Crippen LogP contribution in [0.2, 0.25) is 0 Å². The van der Waals surface area contributed by atoms with Crippen LogP contribution in [0.5, 0.6) is 0 Å². The summed E-state index contributed by atoms with van der Waals surface area (Å²) < 4.78 is 0. The highest BCUT2D eigenvalue weighted by Gasteiger charge is 2.26. The fourth-order valence-electron chi connectivity index (χ4n) is 2.72. The maximum atomic E-state index is 10.1. The number of nitrogens with zero attached hydrogens (tertiary/aromatic N) is 1. The second-order valence-electron chi connectivity index (χ2n) is 5.74. The van der Waals surface area contributed by atoms with E-state index in [0.717, 1.165) is 6.54 Å². The second-order valence-corrected chi connectivity index (χ2v) is 5.74. The van der Waals surface area contributed by atoms with Crippen molar-refractivity contribution < 1.29 is 10.2 Å². The summed E-state index contributed by atoms with van der Waals surface area (Å²) in [6.07, 6.45) is -0.755. The van der Waals surface area contributed by atoms with Crippen LogP contribution < -0.4 is 0 Å². The van der Waals surface area contributed by atoms with Crippen LogP contribution in [0.15, 0.2) is 60.7 Å². The van der Waals surface area contributed by atoms with Gasteiger partial charge in [-0.15, -0.1) is 0 Å². The molecule has 0 spiro atoms. The lowest BCUT2D eigenvalue weighted by Crippen LogP contribution is -2.44. The zero-order valence-corrected chi connectivity index (χ0v) is 13.3. The summed E-state index contributed by atoms with van der Waals surface area (Å²) in [5, 5.41) is 19.4. The quantitative estimate of drug-likeness (QED) is 0.826. The molecule has 118 valence electrons. The molecule has 0 fully saturated rings. The molecule has 0 saturated heterocycles. The predicted octanol–water partition coefficient (Wildman–Crippen LogP) is 2.99. The van der Waals surface area contributed by atoms with E-state index in [2.05, 4.69) is 36.1 Å². The SMILES string of the molecule is C[C@H](c1ccccc1)N(Cc1ccccc1)[C@H](C)[C@@H](O)CO. The molecule has 0 heterocycles. The minimum absolute atomic E-state index is 0.139. The normalized spacial score (nSPS) is 15.5. The molecule has 0 unspecified atom stereocenters. The van der Waals surface area contributed by atoms with E-state index in [9.17, 15) is 10.2 Å². The summed E-state index contributed by atoms with van der Waals surface area (Å²) in [5.41, 5.74) is 2.40. The molecule has 0 aliphatic heterocycles. The third-order valence-corrected chi connectivity index (χ3v) is 4.25. The van der Waals surface area contributed by atoms with Crippen molar-refractivity contribution in [3.05, 3.63) is 71.8 Å². The Morgan fingerprint density at radius 1 is 0.909 bits per heavy atom. The molecule has 3 nitrogen and oxygen atoms in total. The van der Waals surface area contributed by atoms with Gasteiger partial charge in [0.1, 0.15) is 0 Å². The van der Waals surface area contributed by atoms with Gasteiger partial charge in [0.05, 0.1) is 12.7 Å². The van der Waals surface area contributed by atoms with Crippen molar-refractivity contribution in [2.45, 2.75) is 38.6 Å². The standard InChI is InChI=1S/C19H25NO2/c1-15(18-11-7-4-8-12-18)20(16(2)19(22)14-21)13-17-9-5-3-6-10-17/h3-12,15-16,19,21-22H,13-14H2,1-2H3/t15-,16-,19+/m1/s1. The fourth-order valence-corrected chi connectivity index (χ4v) is 2.72. The number of benzene rings is 2. The molecule has 2 N–H and O–H groups in total. The van der Waals surface area contributed by atoms with Gasteiger partial charge in [0.15, 0.2) is 0 Å². The zero-order valence-electron chi connectivity index (χ0n) is 13.3. The summed E-state index contributed by atoms with van der Waals surface area (Å²) in [7, 11) is 0. The molecule has 2 aromatic rings. The van der Waals surface area contributed by atoms with E-state index in [0.29, 0.717) is 0 Å². The Hall–Kier alpha value is -1.68. The first-order chi connectivity index (χ1) is 10.6. The summed E-state index contributed by atoms with van der Waals surface area (Å²) in [6, 6.07) is 20.5. The second kappa shape index (κ2) is 8.08. The van der Waals surface area contributed by atoms with Crippen LogP contribution in [-0.2, 0) is 6.54 Å². The van der Waals surface area contributed by atoms with Gasteiger partial charge in [0.25, 0.3) is 0 Å². The molecule has 22 heavy (non-hydrogen) atoms. The molecule has 0 amide bonds. The van der Waals surface area contributed by atoms with Gasteiger partial charge >= 0.3 is 0 Å². The Morgan fingerprint density at radius 2 is 1.45 bits per heavy atom. The van der Waals surface area contributed by atoms with Gasteiger partial charge in [-0.25, -0.2) is 0 Å². The number of aliphatic hydroxyl groups excluding tert-OH is 2. The van der Waals surface area contributed by atoms with Crippen LogP contribution in [-0.4, -0.2) is 33.9 Å². The third-order valence-electron chi connectivity index (χ3n) is 4.25. The van der Waals surface area contributed by atoms with Gasteiger partial charge in [-0.1, -0.05) is 60.7 Å². The molecule has 0 bridgehead atoms. The topological polar surface area (TPSA) is 43.7 Å². The maximum absolute atomic E-state index is 10.1. The number of aliphatic hydroxyl groups is 2. The van der Waals surface area contributed by atoms with Crippen LogP contribution in [0.1, 0.15) is 31.0 Å². The lowest BCUT2D eigenvalue weighted by Gasteiger charge is -2.37. The maximum Gasteiger partial charge on any atom is 0.0923 e. The highest BCUT2D eigenvalue weighted by Crippen LogP contribution is 2.25. The van der Waals surface area contributed by atoms with Crippen LogP contribution in [0, 0.1) is 0 Å². The van der Waals surface area contributed by atoms with Crippen molar-refractivity contribution in [2.24, 2.45) is 0 Å². The number of hydrogen-bond acceptors (Lipinski definition) is 3. The average Bonchev–Trinajstić information content (AvgIpc) is 2.59. The van der Waals surface area contributed by atoms with Gasteiger partial charge < -0.3 is 10.2 Å². The van der Waals surface area contributed by atoms with E-state index < -0.39 is 6.10 Å². The van der Waals surface area contributed by atoms with Gasteiger partial charge in [0, 0.05) is 18.6 Å². The first-order valence-corrected chi connectivity index (χ1v) is 7.77. The molecule has 0 aliphatic rings. The summed E-state index contributed by atoms with van der Waals surface area (Å²) in [4.78, 5) is 2.23. The molecule has 3 heteroatoms. The molecule has 3 atom stereocenters. The Balaban J connectivity index is 2.24. The van der Waals surface area contributed by atoms with E-state index >= 15 is 0 Å². The first-order valence-electron chi connectivity index (χ1n) is 7.77. The van der Waals surface area contributed by atoms with E-state index in [4.69, 9.17) is 0 Å². The van der Waals surface area contributed by atoms with Crippen molar-refractivity contribution >= 4 is 0 Å². The van der Waals surface area contributed by atoms with E-state index in [-0.39, 0.29) is 18.7 Å². The predicted molar refractivity (Wildman–Crippen MR) is 89.4 cm³/mol. The van der Waals surface area contributed by atoms with Gasteiger partial charge in [-0.2, -0.15) is 0 Å². The van der Waals surface area contributed by atoms with Crippen LogP contribution in [0.4, 0.5) is 0 Å². The average molecular weight is 299 g/mol. The molecule has 0 aromatic heterocycles. The molecule has 0 saturated carbocycles. The Bertz CT molecular complexity index is 544. The summed E-state index contributed by atoms with van der Waals surface area (Å²) >= 11 is 0. The van der Waals surface area contributed by atoms with Crippen LogP contribution >= 0.6 is 0 Å². The van der Waals surface area contributed by atoms with Crippen molar-refractivity contribution in [2.75, 3.05) is 6.61 Å². The van der Waals surface area contributed by atoms with Gasteiger partial charge in [-0.05, 0) is 25.0 Å². The van der Waals surface area contributed by atoms with Crippen LogP contribution in [0.3, 0.4) is 0 Å². The lowest BCUT2D eigenvalue weighted by atomic mass is 10.0. The number of hydrogen-bond donors (Lipinski definition) is 2. The lowest BCUT2D eigenvalue weighted by molar-refractivity contribution is -0.000799. The van der Waals surface area contributed by atoms with Gasteiger partial charge in [0.2, 0.25) is 0 Å². The first kappa shape index (κ1) is 16.7. The highest BCUT2D eigenvalue weighted by atomic mass is 16.3. The smallest absolute Gasteiger partial charge is 0.0923 e. The highest BCUT2D eigenvalue weighted by molar-refractivity contribution is 5.20.